The van der Waals surface area contributed by atoms with Crippen LogP contribution in [0.1, 0.15) is 5.89 Å². The van der Waals surface area contributed by atoms with Gasteiger partial charge in [0.15, 0.2) is 18.2 Å². The Morgan fingerprint density at radius 3 is 2.52 bits per heavy atom. The monoisotopic (exact) mass is 533 g/mol. The zero-order chi connectivity index (χ0) is 20.5. The van der Waals surface area contributed by atoms with Gasteiger partial charge in [-0.05, 0) is 40.2 Å². The van der Waals surface area contributed by atoms with Gasteiger partial charge in [-0.3, -0.25) is 0 Å². The third kappa shape index (κ3) is 4.36. The summed E-state index contributed by atoms with van der Waals surface area (Å²) in [6.07, 6.45) is 1.60. The van der Waals surface area contributed by atoms with Gasteiger partial charge in [-0.15, -0.1) is 10.2 Å². The highest BCUT2D eigenvalue weighted by molar-refractivity contribution is 9.10. The predicted octanol–water partition coefficient (Wildman–Crippen LogP) is 6.27. The number of halogens is 5. The third-order valence-electron chi connectivity index (χ3n) is 3.61. The first kappa shape index (κ1) is 20.4. The lowest BCUT2D eigenvalue weighted by atomic mass is 10.3. The number of aromatic nitrogens is 5. The van der Waals surface area contributed by atoms with Crippen molar-refractivity contribution in [2.24, 2.45) is 0 Å². The van der Waals surface area contributed by atoms with Crippen LogP contribution >= 0.6 is 62.3 Å². The van der Waals surface area contributed by atoms with Crippen LogP contribution in [0, 0.1) is 0 Å². The Labute approximate surface area is 192 Å². The topological polar surface area (TPSA) is 78.9 Å². The molecule has 0 aliphatic carbocycles. The molecular weight excluding hydrogens is 528 g/mol. The summed E-state index contributed by atoms with van der Waals surface area (Å²) < 4.78 is 13.4. The third-order valence-corrected chi connectivity index (χ3v) is 5.07. The molecule has 0 aliphatic heterocycles. The lowest BCUT2D eigenvalue weighted by molar-refractivity contribution is 0.264. The molecule has 0 unspecified atom stereocenters. The van der Waals surface area contributed by atoms with Crippen LogP contribution in [-0.4, -0.2) is 25.0 Å². The molecule has 0 atom stereocenters. The van der Waals surface area contributed by atoms with Crippen molar-refractivity contribution in [2.45, 2.75) is 6.61 Å². The van der Waals surface area contributed by atoms with Crippen molar-refractivity contribution in [1.29, 1.82) is 0 Å². The van der Waals surface area contributed by atoms with Gasteiger partial charge >= 0.3 is 0 Å². The molecule has 0 fully saturated rings. The van der Waals surface area contributed by atoms with Crippen LogP contribution in [0.2, 0.25) is 20.1 Å². The highest BCUT2D eigenvalue weighted by atomic mass is 79.9. The van der Waals surface area contributed by atoms with E-state index in [1.54, 1.807) is 24.4 Å². The fourth-order valence-electron chi connectivity index (χ4n) is 2.42. The highest BCUT2D eigenvalue weighted by Crippen LogP contribution is 2.36. The largest absolute Gasteiger partial charge is 0.481 e. The molecule has 0 radical (unpaired) electrons. The molecule has 0 amide bonds. The molecule has 148 valence electrons. The van der Waals surface area contributed by atoms with Gasteiger partial charge in [0.2, 0.25) is 0 Å². The molecular formula is C17H8BrCl4N5O2. The summed E-state index contributed by atoms with van der Waals surface area (Å²) in [5.41, 5.74) is 0.499. The summed E-state index contributed by atoms with van der Waals surface area (Å²) in [7, 11) is 0. The van der Waals surface area contributed by atoms with Gasteiger partial charge in [0.1, 0.15) is 10.3 Å². The Bertz CT molecular complexity index is 1170. The number of pyridine rings is 1. The number of benzene rings is 1. The van der Waals surface area contributed by atoms with Crippen LogP contribution in [0.5, 0.6) is 5.75 Å². The molecule has 0 saturated carbocycles. The summed E-state index contributed by atoms with van der Waals surface area (Å²) in [6.45, 7) is -0.0479. The smallest absolute Gasteiger partial charge is 0.266 e. The molecule has 12 heteroatoms. The molecule has 3 heterocycles. The normalized spacial score (nSPS) is 11.1. The number of nitrogens with zero attached hydrogens (tertiary/aromatic N) is 5. The standard InChI is InChI=1S/C17H8BrCl4N5O2/c18-13-6-12(27(26-13)16-9(20)2-1-3-23-16)17-25-24-14(29-17)7-28-15-10(21)4-8(19)5-11(15)22/h1-6H,7H2. The van der Waals surface area contributed by atoms with Crippen molar-refractivity contribution < 1.29 is 9.15 Å². The Hall–Kier alpha value is -1.84. The Kier molecular flexibility index (Phi) is 5.98. The zero-order valence-corrected chi connectivity index (χ0v) is 18.7. The van der Waals surface area contributed by atoms with Crippen LogP contribution in [0.3, 0.4) is 0 Å². The first-order valence-corrected chi connectivity index (χ1v) is 10.2. The molecule has 0 spiro atoms. The molecule has 7 nitrogen and oxygen atoms in total. The van der Waals surface area contributed by atoms with Crippen LogP contribution in [0.4, 0.5) is 0 Å². The van der Waals surface area contributed by atoms with Gasteiger partial charge in [0.25, 0.3) is 11.8 Å². The van der Waals surface area contributed by atoms with Crippen molar-refractivity contribution in [3.63, 3.8) is 0 Å². The number of ether oxygens (including phenoxy) is 1. The molecule has 0 N–H and O–H groups in total. The summed E-state index contributed by atoms with van der Waals surface area (Å²) in [5.74, 6) is 1.10. The van der Waals surface area contributed by atoms with Gasteiger partial charge in [-0.2, -0.15) is 5.10 Å². The maximum Gasteiger partial charge on any atom is 0.266 e. The van der Waals surface area contributed by atoms with E-state index in [-0.39, 0.29) is 34.2 Å². The van der Waals surface area contributed by atoms with E-state index in [2.05, 4.69) is 36.2 Å². The van der Waals surface area contributed by atoms with Crippen molar-refractivity contribution in [2.75, 3.05) is 0 Å². The van der Waals surface area contributed by atoms with Crippen LogP contribution in [0.25, 0.3) is 17.4 Å². The number of hydrogen-bond donors (Lipinski definition) is 0. The Morgan fingerprint density at radius 2 is 1.79 bits per heavy atom. The molecule has 4 aromatic rings. The van der Waals surface area contributed by atoms with E-state index >= 15 is 0 Å². The second-order valence-electron chi connectivity index (χ2n) is 5.56. The van der Waals surface area contributed by atoms with Crippen LogP contribution in [0.15, 0.2) is 45.5 Å². The average Bonchev–Trinajstić information content (AvgIpc) is 3.27. The quantitative estimate of drug-likeness (QED) is 0.299. The maximum atomic E-state index is 6.23. The highest BCUT2D eigenvalue weighted by Gasteiger charge is 2.20. The summed E-state index contributed by atoms with van der Waals surface area (Å²) in [5, 5.41) is 13.7. The molecule has 0 bridgehead atoms. The maximum absolute atomic E-state index is 6.23. The van der Waals surface area contributed by atoms with E-state index in [0.29, 0.717) is 26.2 Å². The van der Waals surface area contributed by atoms with Gasteiger partial charge in [0.05, 0.1) is 15.1 Å². The molecule has 29 heavy (non-hydrogen) atoms. The Morgan fingerprint density at radius 1 is 1.03 bits per heavy atom. The van der Waals surface area contributed by atoms with Crippen molar-refractivity contribution >= 4 is 62.3 Å². The summed E-state index contributed by atoms with van der Waals surface area (Å²) in [6, 6.07) is 8.18. The van der Waals surface area contributed by atoms with Crippen molar-refractivity contribution in [1.82, 2.24) is 25.0 Å². The second kappa shape index (κ2) is 8.49. The van der Waals surface area contributed by atoms with E-state index in [0.717, 1.165) is 0 Å². The molecule has 0 saturated heterocycles. The first-order chi connectivity index (χ1) is 13.9. The second-order valence-corrected chi connectivity index (χ2v) is 8.03. The van der Waals surface area contributed by atoms with Gasteiger partial charge in [-0.25, -0.2) is 9.67 Å². The van der Waals surface area contributed by atoms with Crippen molar-refractivity contribution in [3.8, 4) is 23.2 Å². The SMILES string of the molecule is Clc1cc(Cl)c(OCc2nnc(-c3cc(Br)nn3-c3ncccc3Cl)o2)c(Cl)c1. The van der Waals surface area contributed by atoms with E-state index in [1.165, 1.54) is 16.8 Å². The lowest BCUT2D eigenvalue weighted by Gasteiger charge is -2.08. The summed E-state index contributed by atoms with van der Waals surface area (Å²) >= 11 is 27.7. The van der Waals surface area contributed by atoms with E-state index in [9.17, 15) is 0 Å². The molecule has 1 aromatic carbocycles. The lowest BCUT2D eigenvalue weighted by Crippen LogP contribution is -2.02. The van der Waals surface area contributed by atoms with E-state index in [1.807, 2.05) is 0 Å². The predicted molar refractivity (Wildman–Crippen MR) is 113 cm³/mol. The van der Waals surface area contributed by atoms with Gasteiger partial charge < -0.3 is 9.15 Å². The van der Waals surface area contributed by atoms with Crippen LogP contribution < -0.4 is 4.74 Å². The molecule has 0 aliphatic rings. The molecule has 3 aromatic heterocycles. The fraction of sp³-hybridized carbons (Fsp3) is 0.0588. The van der Waals surface area contributed by atoms with Gasteiger partial charge in [-0.1, -0.05) is 46.4 Å². The van der Waals surface area contributed by atoms with Gasteiger partial charge in [0, 0.05) is 17.3 Å². The fourth-order valence-corrected chi connectivity index (χ4v) is 3.92. The van der Waals surface area contributed by atoms with Crippen LogP contribution in [-0.2, 0) is 6.61 Å². The summed E-state index contributed by atoms with van der Waals surface area (Å²) in [4.78, 5) is 4.25. The van der Waals surface area contributed by atoms with E-state index in [4.69, 9.17) is 55.6 Å². The minimum atomic E-state index is -0.0479. The Balaban J connectivity index is 1.60. The minimum absolute atomic E-state index is 0.0479. The van der Waals surface area contributed by atoms with Crippen molar-refractivity contribution in [3.05, 3.63) is 67.1 Å². The first-order valence-electron chi connectivity index (χ1n) is 7.89. The number of hydrogen-bond acceptors (Lipinski definition) is 6. The minimum Gasteiger partial charge on any atom is -0.481 e. The average molecular weight is 536 g/mol. The zero-order valence-electron chi connectivity index (χ0n) is 14.1. The van der Waals surface area contributed by atoms with E-state index < -0.39 is 0 Å². The number of rotatable bonds is 5. The molecule has 4 rings (SSSR count).